The summed E-state index contributed by atoms with van der Waals surface area (Å²) in [6.45, 7) is 0. The van der Waals surface area contributed by atoms with E-state index in [9.17, 15) is 14.9 Å². The van der Waals surface area contributed by atoms with E-state index in [1.807, 2.05) is 36.6 Å². The molecule has 1 N–H and O–H groups in total. The zero-order chi connectivity index (χ0) is 24.6. The highest BCUT2D eigenvalue weighted by molar-refractivity contribution is 6.04. The molecule has 3 aromatic carbocycles. The summed E-state index contributed by atoms with van der Waals surface area (Å²) < 4.78 is 0. The molecule has 0 saturated heterocycles. The third kappa shape index (κ3) is 3.69. The average Bonchev–Trinajstić information content (AvgIpc) is 3.21. The number of allylic oxidation sites excluding steroid dienone is 5. The third-order valence-electron chi connectivity index (χ3n) is 7.31. The van der Waals surface area contributed by atoms with Crippen molar-refractivity contribution < 1.29 is 9.72 Å². The summed E-state index contributed by atoms with van der Waals surface area (Å²) in [5.41, 5.74) is 5.84. The first kappa shape index (κ1) is 22.0. The van der Waals surface area contributed by atoms with Crippen LogP contribution in [0.2, 0.25) is 0 Å². The fraction of sp³-hybridized carbons (Fsp3) is 0.129. The molecule has 2 atom stereocenters. The van der Waals surface area contributed by atoms with Crippen LogP contribution in [-0.2, 0) is 6.42 Å². The number of rotatable bonds is 4. The largest absolute Gasteiger partial charge is 0.364 e. The van der Waals surface area contributed by atoms with Crippen LogP contribution in [0.5, 0.6) is 0 Å². The molecule has 176 valence electrons. The number of nitrogens with zero attached hydrogens (tertiary/aromatic N) is 1. The lowest BCUT2D eigenvalue weighted by atomic mass is 9.75. The van der Waals surface area contributed by atoms with Crippen molar-refractivity contribution in [3.05, 3.63) is 134 Å². The molecule has 0 aromatic heterocycles. The zero-order valence-corrected chi connectivity index (χ0v) is 19.6. The number of nitro groups is 1. The lowest BCUT2D eigenvalue weighted by Crippen LogP contribution is -2.40. The van der Waals surface area contributed by atoms with E-state index in [1.165, 1.54) is 22.8 Å². The summed E-state index contributed by atoms with van der Waals surface area (Å²) in [7, 11) is 0. The Morgan fingerprint density at radius 2 is 1.75 bits per heavy atom. The Morgan fingerprint density at radius 1 is 0.917 bits per heavy atom. The molecule has 1 aliphatic heterocycles. The summed E-state index contributed by atoms with van der Waals surface area (Å²) in [6, 6.07) is 19.0. The van der Waals surface area contributed by atoms with Crippen LogP contribution in [0.25, 0.3) is 23.3 Å². The van der Waals surface area contributed by atoms with Gasteiger partial charge in [-0.3, -0.25) is 14.9 Å². The number of fused-ring (bicyclic) bond motifs is 5. The molecular weight excluding hydrogens is 448 g/mol. The molecule has 5 heteroatoms. The van der Waals surface area contributed by atoms with Crippen molar-refractivity contribution >= 4 is 23.6 Å². The zero-order valence-electron chi connectivity index (χ0n) is 19.6. The van der Waals surface area contributed by atoms with Crippen LogP contribution in [-0.4, -0.2) is 10.7 Å². The van der Waals surface area contributed by atoms with Crippen molar-refractivity contribution in [2.45, 2.75) is 18.8 Å². The average molecular weight is 473 g/mol. The van der Waals surface area contributed by atoms with Crippen LogP contribution in [0, 0.1) is 16.0 Å². The Labute approximate surface area is 208 Å². The van der Waals surface area contributed by atoms with Crippen molar-refractivity contribution in [3.63, 3.8) is 0 Å². The number of ketones is 1. The van der Waals surface area contributed by atoms with Crippen molar-refractivity contribution in [3.8, 4) is 11.1 Å². The summed E-state index contributed by atoms with van der Waals surface area (Å²) in [5.74, 6) is -0.753. The van der Waals surface area contributed by atoms with Gasteiger partial charge in [-0.25, -0.2) is 0 Å². The number of hydrogen-bond acceptors (Lipinski definition) is 4. The van der Waals surface area contributed by atoms with Gasteiger partial charge in [-0.15, -0.1) is 0 Å². The predicted octanol–water partition coefficient (Wildman–Crippen LogP) is 4.92. The minimum atomic E-state index is -0.486. The highest BCUT2D eigenvalue weighted by Gasteiger charge is 2.33. The van der Waals surface area contributed by atoms with E-state index in [0.29, 0.717) is 6.42 Å². The maximum Gasteiger partial charge on any atom is 0.280 e. The van der Waals surface area contributed by atoms with Crippen molar-refractivity contribution in [1.82, 2.24) is 5.32 Å². The van der Waals surface area contributed by atoms with Gasteiger partial charge in [0.1, 0.15) is 0 Å². The fourth-order valence-corrected chi connectivity index (χ4v) is 5.63. The first-order valence-corrected chi connectivity index (χ1v) is 12.1. The smallest absolute Gasteiger partial charge is 0.280 e. The van der Waals surface area contributed by atoms with Crippen LogP contribution in [0.3, 0.4) is 0 Å². The van der Waals surface area contributed by atoms with Crippen LogP contribution >= 0.6 is 0 Å². The number of para-hydroxylation sites is 1. The molecule has 0 bridgehead atoms. The van der Waals surface area contributed by atoms with E-state index in [1.54, 1.807) is 18.2 Å². The normalized spacial score (nSPS) is 19.3. The number of carbonyl (C=O) groups excluding carboxylic acids is 1. The third-order valence-corrected chi connectivity index (χ3v) is 7.31. The van der Waals surface area contributed by atoms with Gasteiger partial charge < -0.3 is 5.32 Å². The van der Waals surface area contributed by atoms with Gasteiger partial charge >= 0.3 is 0 Å². The van der Waals surface area contributed by atoms with Gasteiger partial charge in [0.15, 0.2) is 5.78 Å². The minimum Gasteiger partial charge on any atom is -0.364 e. The van der Waals surface area contributed by atoms with Gasteiger partial charge in [-0.05, 0) is 63.8 Å². The maximum absolute atomic E-state index is 13.8. The quantitative estimate of drug-likeness (QED) is 0.332. The van der Waals surface area contributed by atoms with Crippen molar-refractivity contribution in [1.29, 1.82) is 0 Å². The standard InChI is InChI=1S/C31H24N2O3/c34-31(26-10-5-6-12-30(26)33(35)36)21-18-27-24-14-13-20-8-3-4-9-22(20)23(24)15-16-25(27)28(19-21)29-11-2-1-7-17-32-29/h1-12,14-18,21,28,32H,13,19H2. The van der Waals surface area contributed by atoms with Gasteiger partial charge in [0.2, 0.25) is 0 Å². The van der Waals surface area contributed by atoms with E-state index in [4.69, 9.17) is 0 Å². The molecule has 3 aromatic rings. The van der Waals surface area contributed by atoms with E-state index in [0.717, 1.165) is 28.1 Å². The van der Waals surface area contributed by atoms with E-state index in [2.05, 4.69) is 47.8 Å². The molecule has 0 fully saturated rings. The number of hydrogen-bond donors (Lipinski definition) is 1. The molecule has 5 nitrogen and oxygen atoms in total. The summed E-state index contributed by atoms with van der Waals surface area (Å²) in [6.07, 6.45) is 15.5. The van der Waals surface area contributed by atoms with Gasteiger partial charge in [0, 0.05) is 29.8 Å². The highest BCUT2D eigenvalue weighted by atomic mass is 16.6. The number of carbonyl (C=O) groups is 1. The second-order valence-corrected chi connectivity index (χ2v) is 9.31. The first-order valence-electron chi connectivity index (χ1n) is 12.1. The summed E-state index contributed by atoms with van der Waals surface area (Å²) in [4.78, 5) is 25.0. The van der Waals surface area contributed by atoms with Crippen LogP contribution in [0.15, 0.2) is 96.9 Å². The predicted molar refractivity (Wildman–Crippen MR) is 142 cm³/mol. The van der Waals surface area contributed by atoms with Gasteiger partial charge in [-0.1, -0.05) is 72.8 Å². The molecule has 0 saturated carbocycles. The van der Waals surface area contributed by atoms with Crippen LogP contribution in [0.4, 0.5) is 5.69 Å². The van der Waals surface area contributed by atoms with Crippen LogP contribution < -0.4 is 15.8 Å². The number of nitro benzene ring substituents is 1. The van der Waals surface area contributed by atoms with Gasteiger partial charge in [0.25, 0.3) is 5.69 Å². The Hall–Kier alpha value is -4.51. The van der Waals surface area contributed by atoms with E-state index < -0.39 is 10.8 Å². The fourth-order valence-electron chi connectivity index (χ4n) is 5.63. The first-order chi connectivity index (χ1) is 17.6. The molecule has 0 amide bonds. The Bertz CT molecular complexity index is 1630. The highest BCUT2D eigenvalue weighted by Crippen LogP contribution is 2.36. The molecular formula is C31H24N2O3. The molecule has 0 spiro atoms. The number of nitrogens with one attached hydrogen (secondary N) is 1. The van der Waals surface area contributed by atoms with Gasteiger partial charge in [-0.2, -0.15) is 0 Å². The molecule has 36 heavy (non-hydrogen) atoms. The Balaban J connectivity index is 1.55. The SMILES string of the molecule is O=C(c1ccccc1[N+](=O)[O-])C1C=c2c(ccc3c2=CCc2ccccc2-3)C(C2=CC=CC=CN2)C1. The van der Waals surface area contributed by atoms with Crippen LogP contribution in [0.1, 0.15) is 33.8 Å². The van der Waals surface area contributed by atoms with Crippen molar-refractivity contribution in [2.24, 2.45) is 5.92 Å². The summed E-state index contributed by atoms with van der Waals surface area (Å²) >= 11 is 0. The van der Waals surface area contributed by atoms with Crippen molar-refractivity contribution in [2.75, 3.05) is 0 Å². The second-order valence-electron chi connectivity index (χ2n) is 9.31. The number of Topliss-reactive ketones (excluding diaryl/α,β-unsaturated/α-hetero) is 1. The van der Waals surface area contributed by atoms with E-state index in [-0.39, 0.29) is 23.0 Å². The topological polar surface area (TPSA) is 72.2 Å². The summed E-state index contributed by atoms with van der Waals surface area (Å²) in [5, 5.41) is 17.2. The molecule has 0 radical (unpaired) electrons. The number of benzene rings is 3. The molecule has 2 aliphatic carbocycles. The Morgan fingerprint density at radius 3 is 2.64 bits per heavy atom. The maximum atomic E-state index is 13.8. The molecule has 3 aliphatic rings. The second kappa shape index (κ2) is 8.93. The van der Waals surface area contributed by atoms with E-state index >= 15 is 0 Å². The lowest BCUT2D eigenvalue weighted by molar-refractivity contribution is -0.385. The Kier molecular flexibility index (Phi) is 5.45. The van der Waals surface area contributed by atoms with Gasteiger partial charge in [0.05, 0.1) is 10.5 Å². The molecule has 2 unspecified atom stereocenters. The molecule has 6 rings (SSSR count). The minimum absolute atomic E-state index is 0.0509. The monoisotopic (exact) mass is 472 g/mol. The molecule has 1 heterocycles. The lowest BCUT2D eigenvalue weighted by Gasteiger charge is -2.30.